The number of hydrogen-bond donors (Lipinski definition) is 1. The van der Waals surface area contributed by atoms with Gasteiger partial charge in [0.2, 0.25) is 0 Å². The van der Waals surface area contributed by atoms with Crippen LogP contribution in [0.5, 0.6) is 0 Å². The van der Waals surface area contributed by atoms with Gasteiger partial charge in [-0.1, -0.05) is 13.8 Å². The molecule has 0 aliphatic heterocycles. The summed E-state index contributed by atoms with van der Waals surface area (Å²) >= 11 is 0. The quantitative estimate of drug-likeness (QED) is 0.610. The van der Waals surface area contributed by atoms with Crippen LogP contribution < -0.4 is 9.79 Å². The van der Waals surface area contributed by atoms with E-state index in [9.17, 15) is 19.1 Å². The first-order chi connectivity index (χ1) is 5.31. The van der Waals surface area contributed by atoms with E-state index in [0.717, 1.165) is 0 Å². The molecule has 0 aliphatic carbocycles. The molecule has 0 unspecified atom stereocenters. The van der Waals surface area contributed by atoms with Crippen LogP contribution >= 0.6 is 7.60 Å². The Bertz CT molecular complexity index is 214. The third-order valence-corrected chi connectivity index (χ3v) is 3.96. The van der Waals surface area contributed by atoms with Crippen molar-refractivity contribution in [1.29, 1.82) is 0 Å². The highest BCUT2D eigenvalue weighted by molar-refractivity contribution is 7.51. The van der Waals surface area contributed by atoms with Crippen molar-refractivity contribution in [2.75, 3.05) is 0 Å². The molecule has 0 bridgehead atoms. The number of aliphatic carboxylic acids is 1. The van der Waals surface area contributed by atoms with Gasteiger partial charge in [0.05, 0.1) is 5.16 Å². The van der Waals surface area contributed by atoms with Crippen molar-refractivity contribution in [3.05, 3.63) is 0 Å². The summed E-state index contributed by atoms with van der Waals surface area (Å²) in [6.45, 7) is 2.75. The van der Waals surface area contributed by atoms with Gasteiger partial charge < -0.3 is 19.5 Å². The lowest BCUT2D eigenvalue weighted by Gasteiger charge is -2.45. The molecule has 0 saturated heterocycles. The SMILES string of the molecule is CCC(CC)(C(=O)O)P(=O)([O-])[O-]. The first-order valence-electron chi connectivity index (χ1n) is 3.57. The number of rotatable bonds is 4. The average molecular weight is 194 g/mol. The van der Waals surface area contributed by atoms with Crippen LogP contribution in [0, 0.1) is 0 Å². The van der Waals surface area contributed by atoms with Crippen LogP contribution in [0.4, 0.5) is 0 Å². The molecule has 0 rings (SSSR count). The van der Waals surface area contributed by atoms with Crippen LogP contribution in [0.2, 0.25) is 0 Å². The van der Waals surface area contributed by atoms with Crippen molar-refractivity contribution in [1.82, 2.24) is 0 Å². The maximum Gasteiger partial charge on any atom is 0.314 e. The van der Waals surface area contributed by atoms with Crippen LogP contribution in [0.25, 0.3) is 0 Å². The van der Waals surface area contributed by atoms with Gasteiger partial charge in [-0.15, -0.1) is 0 Å². The summed E-state index contributed by atoms with van der Waals surface area (Å²) in [4.78, 5) is 31.9. The molecule has 0 fully saturated rings. The van der Waals surface area contributed by atoms with E-state index >= 15 is 0 Å². The lowest BCUT2D eigenvalue weighted by atomic mass is 10.0. The van der Waals surface area contributed by atoms with Crippen molar-refractivity contribution in [2.45, 2.75) is 31.8 Å². The zero-order valence-electron chi connectivity index (χ0n) is 6.94. The Morgan fingerprint density at radius 1 is 1.42 bits per heavy atom. The van der Waals surface area contributed by atoms with E-state index in [1.54, 1.807) is 0 Å². The Morgan fingerprint density at radius 3 is 1.75 bits per heavy atom. The third kappa shape index (κ3) is 1.68. The number of carboxylic acids is 1. The highest BCUT2D eigenvalue weighted by Gasteiger charge is 2.38. The molecule has 0 atom stereocenters. The van der Waals surface area contributed by atoms with Gasteiger partial charge in [-0.25, -0.2) is 0 Å². The van der Waals surface area contributed by atoms with Crippen LogP contribution in [0.1, 0.15) is 26.7 Å². The Morgan fingerprint density at radius 2 is 1.75 bits per heavy atom. The lowest BCUT2D eigenvalue weighted by molar-refractivity contribution is -0.320. The van der Waals surface area contributed by atoms with Gasteiger partial charge in [-0.3, -0.25) is 4.79 Å². The Balaban J connectivity index is 5.12. The van der Waals surface area contributed by atoms with Crippen molar-refractivity contribution in [3.8, 4) is 0 Å². The number of carboxylic acid groups (broad SMARTS) is 1. The summed E-state index contributed by atoms with van der Waals surface area (Å²) in [5.41, 5.74) is 0. The fourth-order valence-corrected chi connectivity index (χ4v) is 2.07. The normalized spacial score (nSPS) is 13.0. The third-order valence-electron chi connectivity index (χ3n) is 2.09. The van der Waals surface area contributed by atoms with Crippen molar-refractivity contribution >= 4 is 13.6 Å². The molecule has 0 aromatic heterocycles. The van der Waals surface area contributed by atoms with Gasteiger partial charge in [0.1, 0.15) is 0 Å². The lowest BCUT2D eigenvalue weighted by Crippen LogP contribution is -2.45. The molecule has 12 heavy (non-hydrogen) atoms. The van der Waals surface area contributed by atoms with Crippen LogP contribution in [-0.4, -0.2) is 16.2 Å². The molecule has 5 nitrogen and oxygen atoms in total. The highest BCUT2D eigenvalue weighted by Crippen LogP contribution is 2.47. The minimum Gasteiger partial charge on any atom is -0.810 e. The second-order valence-electron chi connectivity index (χ2n) is 2.54. The molecular formula is C6H11O5P-2. The largest absolute Gasteiger partial charge is 0.810 e. The molecule has 0 aliphatic rings. The fraction of sp³-hybridized carbons (Fsp3) is 0.833. The highest BCUT2D eigenvalue weighted by atomic mass is 31.2. The van der Waals surface area contributed by atoms with E-state index in [-0.39, 0.29) is 12.8 Å². The van der Waals surface area contributed by atoms with Gasteiger partial charge in [0.15, 0.2) is 0 Å². The van der Waals surface area contributed by atoms with E-state index in [1.807, 2.05) is 0 Å². The van der Waals surface area contributed by atoms with Crippen molar-refractivity contribution in [3.63, 3.8) is 0 Å². The maximum atomic E-state index is 10.6. The zero-order chi connectivity index (χ0) is 9.99. The predicted molar refractivity (Wildman–Crippen MR) is 38.6 cm³/mol. The average Bonchev–Trinajstić information content (AvgIpc) is 1.87. The minimum absolute atomic E-state index is 0.191. The van der Waals surface area contributed by atoms with Crippen molar-refractivity contribution < 1.29 is 24.3 Å². The molecule has 0 heterocycles. The number of carbonyl (C=O) groups is 1. The summed E-state index contributed by atoms with van der Waals surface area (Å²) in [5, 5.41) is 6.47. The van der Waals surface area contributed by atoms with Gasteiger partial charge in [0.25, 0.3) is 0 Å². The van der Waals surface area contributed by atoms with Crippen molar-refractivity contribution in [2.24, 2.45) is 0 Å². The molecular weight excluding hydrogens is 183 g/mol. The molecule has 6 heteroatoms. The fourth-order valence-electron chi connectivity index (χ4n) is 1.06. The van der Waals surface area contributed by atoms with Gasteiger partial charge >= 0.3 is 5.97 Å². The van der Waals surface area contributed by atoms with E-state index in [4.69, 9.17) is 5.11 Å². The Kier molecular flexibility index (Phi) is 3.45. The Hall–Kier alpha value is -0.380. The summed E-state index contributed by atoms with van der Waals surface area (Å²) < 4.78 is 10.6. The summed E-state index contributed by atoms with van der Waals surface area (Å²) in [7, 11) is -5.06. The molecule has 0 aromatic rings. The van der Waals surface area contributed by atoms with E-state index in [0.29, 0.717) is 0 Å². The maximum absolute atomic E-state index is 10.6. The summed E-state index contributed by atoms with van der Waals surface area (Å²) in [5.74, 6) is -1.55. The molecule has 0 saturated carbocycles. The second kappa shape index (κ2) is 3.56. The minimum atomic E-state index is -5.06. The number of hydrogen-bond acceptors (Lipinski definition) is 4. The van der Waals surface area contributed by atoms with E-state index in [1.165, 1.54) is 13.8 Å². The van der Waals surface area contributed by atoms with Gasteiger partial charge in [-0.2, -0.15) is 0 Å². The monoisotopic (exact) mass is 194 g/mol. The van der Waals surface area contributed by atoms with E-state index in [2.05, 4.69) is 0 Å². The zero-order valence-corrected chi connectivity index (χ0v) is 7.84. The molecule has 0 amide bonds. The topological polar surface area (TPSA) is 100 Å². The Labute approximate surface area is 70.6 Å². The first-order valence-corrected chi connectivity index (χ1v) is 5.11. The smallest absolute Gasteiger partial charge is 0.314 e. The standard InChI is InChI=1S/C6H13O5P/c1-3-6(4-2,5(7)8)12(9,10)11/h3-4H2,1-2H3,(H,7,8)(H2,9,10,11)/p-2. The summed E-state index contributed by atoms with van der Waals surface area (Å²) in [6.07, 6.45) is -0.383. The molecule has 0 radical (unpaired) electrons. The molecule has 72 valence electrons. The van der Waals surface area contributed by atoms with Gasteiger partial charge in [0, 0.05) is 0 Å². The first kappa shape index (κ1) is 11.6. The summed E-state index contributed by atoms with van der Waals surface area (Å²) in [6, 6.07) is 0. The van der Waals surface area contributed by atoms with Crippen LogP contribution in [0.3, 0.4) is 0 Å². The molecule has 1 N–H and O–H groups in total. The predicted octanol–water partition coefficient (Wildman–Crippen LogP) is -0.457. The van der Waals surface area contributed by atoms with Gasteiger partial charge in [-0.05, 0) is 20.4 Å². The van der Waals surface area contributed by atoms with E-state index < -0.39 is 18.7 Å². The second-order valence-corrected chi connectivity index (χ2v) is 4.39. The van der Waals surface area contributed by atoms with Crippen LogP contribution in [0.15, 0.2) is 0 Å². The molecule has 0 aromatic carbocycles. The van der Waals surface area contributed by atoms with Crippen LogP contribution in [-0.2, 0) is 9.36 Å². The molecule has 0 spiro atoms.